The zero-order valence-corrected chi connectivity index (χ0v) is 30.0. The van der Waals surface area contributed by atoms with E-state index in [0.717, 1.165) is 22.2 Å². The number of pyridine rings is 2. The zero-order valence-electron chi connectivity index (χ0n) is 29.0. The average Bonchev–Trinajstić information content (AvgIpc) is 3.32. The lowest BCUT2D eigenvalue weighted by atomic mass is 9.85. The number of fused-ring (bicyclic) bond motifs is 5. The third kappa shape index (κ3) is 6.47. The van der Waals surface area contributed by atoms with Gasteiger partial charge in [0, 0.05) is 17.9 Å². The van der Waals surface area contributed by atoms with Gasteiger partial charge in [-0.1, -0.05) is 39.9 Å². The summed E-state index contributed by atoms with van der Waals surface area (Å²) in [5.41, 5.74) is 0.103. The Labute approximate surface area is 280 Å². The van der Waals surface area contributed by atoms with E-state index in [-0.39, 0.29) is 36.3 Å². The maximum atomic E-state index is 14.2. The molecule has 12 nitrogen and oxygen atoms in total. The number of rotatable bonds is 8. The minimum absolute atomic E-state index is 0.0174. The number of ether oxygens (including phenoxy) is 4. The molecular formula is C35H43N3O9Si. The molecule has 2 aromatic heterocycles. The van der Waals surface area contributed by atoms with E-state index < -0.39 is 49.8 Å². The highest BCUT2D eigenvalue weighted by molar-refractivity contribution is 6.92. The van der Waals surface area contributed by atoms with Crippen molar-refractivity contribution >= 4 is 48.2 Å². The molecule has 0 spiro atoms. The first kappa shape index (κ1) is 34.8. The molecule has 1 aromatic carbocycles. The van der Waals surface area contributed by atoms with Gasteiger partial charge in [-0.2, -0.15) is 0 Å². The van der Waals surface area contributed by atoms with Crippen molar-refractivity contribution in [2.24, 2.45) is 5.92 Å². The molecule has 0 saturated heterocycles. The summed E-state index contributed by atoms with van der Waals surface area (Å²) in [6, 6.07) is 8.04. The predicted octanol–water partition coefficient (Wildman–Crippen LogP) is 4.65. The number of hydrogen-bond acceptors (Lipinski definition) is 10. The highest BCUT2D eigenvalue weighted by Crippen LogP contribution is 2.41. The number of amides is 1. The summed E-state index contributed by atoms with van der Waals surface area (Å²) in [7, 11) is -2.21. The molecule has 13 heteroatoms. The molecule has 2 aliphatic rings. The number of aromatic nitrogens is 2. The van der Waals surface area contributed by atoms with Crippen LogP contribution in [0.5, 0.6) is 5.75 Å². The summed E-state index contributed by atoms with van der Waals surface area (Å²) in [4.78, 5) is 69.7. The van der Waals surface area contributed by atoms with Crippen LogP contribution in [0.1, 0.15) is 71.6 Å². The molecule has 1 N–H and O–H groups in total. The maximum Gasteiger partial charge on any atom is 0.408 e. The summed E-state index contributed by atoms with van der Waals surface area (Å²) in [5, 5.41) is 4.36. The van der Waals surface area contributed by atoms with Crippen molar-refractivity contribution in [2.45, 2.75) is 98.4 Å². The van der Waals surface area contributed by atoms with Gasteiger partial charge in [-0.3, -0.25) is 14.4 Å². The summed E-state index contributed by atoms with van der Waals surface area (Å²) >= 11 is 0. The number of hydrogen-bond donors (Lipinski definition) is 1. The Morgan fingerprint density at radius 2 is 1.83 bits per heavy atom. The standard InChI is InChI=1S/C35H43N3O9Si/c1-10-35(46-28(40)15-36-33(43)47-34(5,6)7)25-14-27-29-23(16-38(27)31(41)24(25)17-44-32(35)42)30(48(8,9)18-19(2)3)22-13-21(45-20(4)39)11-12-26(22)37-29/h11-14,19H,10,15-18H2,1-9H3,(H,36,43). The molecule has 0 aliphatic carbocycles. The molecule has 256 valence electrons. The van der Waals surface area contributed by atoms with E-state index >= 15 is 0 Å². The van der Waals surface area contributed by atoms with Gasteiger partial charge in [-0.05, 0) is 68.1 Å². The number of benzene rings is 1. The second kappa shape index (κ2) is 12.5. The molecule has 1 unspecified atom stereocenters. The number of nitrogens with one attached hydrogen (secondary N) is 1. The third-order valence-electron chi connectivity index (χ3n) is 8.55. The molecule has 5 rings (SSSR count). The Balaban J connectivity index is 1.65. The van der Waals surface area contributed by atoms with Gasteiger partial charge in [-0.15, -0.1) is 0 Å². The minimum Gasteiger partial charge on any atom is -0.457 e. The average molecular weight is 678 g/mol. The van der Waals surface area contributed by atoms with Crippen molar-refractivity contribution < 1.29 is 38.1 Å². The number of carbonyl (C=O) groups is 4. The van der Waals surface area contributed by atoms with Gasteiger partial charge in [0.05, 0.1) is 37.1 Å². The van der Waals surface area contributed by atoms with Gasteiger partial charge >= 0.3 is 24.0 Å². The van der Waals surface area contributed by atoms with Crippen LogP contribution in [-0.4, -0.2) is 53.8 Å². The van der Waals surface area contributed by atoms with Crippen molar-refractivity contribution in [3.05, 3.63) is 51.3 Å². The first-order valence-corrected chi connectivity index (χ1v) is 19.4. The molecule has 3 aromatic rings. The van der Waals surface area contributed by atoms with Gasteiger partial charge < -0.3 is 28.8 Å². The molecule has 2 aliphatic heterocycles. The molecule has 0 saturated carbocycles. The maximum absolute atomic E-state index is 14.2. The van der Waals surface area contributed by atoms with E-state index in [9.17, 15) is 24.0 Å². The fourth-order valence-electron chi connectivity index (χ4n) is 7.03. The van der Waals surface area contributed by atoms with E-state index in [2.05, 4.69) is 32.3 Å². The van der Waals surface area contributed by atoms with E-state index in [1.165, 1.54) is 6.92 Å². The summed E-state index contributed by atoms with van der Waals surface area (Å²) in [6.45, 7) is 16.4. The van der Waals surface area contributed by atoms with Crippen LogP contribution in [0, 0.1) is 5.92 Å². The van der Waals surface area contributed by atoms with Crippen LogP contribution in [0.4, 0.5) is 4.79 Å². The fourth-order valence-corrected chi connectivity index (χ4v) is 11.2. The predicted molar refractivity (Wildman–Crippen MR) is 181 cm³/mol. The number of cyclic esters (lactones) is 1. The summed E-state index contributed by atoms with van der Waals surface area (Å²) in [5.74, 6) is -1.30. The highest BCUT2D eigenvalue weighted by atomic mass is 28.3. The van der Waals surface area contributed by atoms with Crippen molar-refractivity contribution in [1.82, 2.24) is 14.9 Å². The van der Waals surface area contributed by atoms with Crippen LogP contribution in [0.2, 0.25) is 19.1 Å². The molecule has 1 amide bonds. The monoisotopic (exact) mass is 677 g/mol. The lowest BCUT2D eigenvalue weighted by Gasteiger charge is -2.35. The fraction of sp³-hybridized carbons (Fsp3) is 0.486. The highest BCUT2D eigenvalue weighted by Gasteiger charge is 2.50. The minimum atomic E-state index is -2.21. The normalized spacial score (nSPS) is 16.9. The van der Waals surface area contributed by atoms with Crippen LogP contribution in [0.25, 0.3) is 22.3 Å². The third-order valence-corrected chi connectivity index (χ3v) is 12.3. The van der Waals surface area contributed by atoms with E-state index in [1.54, 1.807) is 44.4 Å². The molecule has 0 bridgehead atoms. The number of nitrogens with zero attached hydrogens (tertiary/aromatic N) is 2. The SMILES string of the molecule is CCC1(OC(=O)CNC(=O)OC(C)(C)C)C(=O)OCc2c1cc1n(c2=O)Cc2c-1nc1ccc(OC(C)=O)cc1c2[Si](C)(C)CC(C)C. The number of alkyl carbamates (subject to hydrolysis) is 1. The second-order valence-corrected chi connectivity index (χ2v) is 19.1. The molecule has 4 heterocycles. The summed E-state index contributed by atoms with van der Waals surface area (Å²) in [6.07, 6.45) is -0.835. The molecule has 0 fully saturated rings. The van der Waals surface area contributed by atoms with Gasteiger partial charge in [0.1, 0.15) is 24.5 Å². The van der Waals surface area contributed by atoms with E-state index in [0.29, 0.717) is 28.6 Å². The van der Waals surface area contributed by atoms with E-state index in [1.807, 2.05) is 12.1 Å². The van der Waals surface area contributed by atoms with Crippen LogP contribution in [0.15, 0.2) is 29.1 Å². The Hall–Kier alpha value is -4.52. The van der Waals surface area contributed by atoms with Crippen LogP contribution in [0.3, 0.4) is 0 Å². The van der Waals surface area contributed by atoms with Crippen molar-refractivity contribution in [1.29, 1.82) is 0 Å². The zero-order chi connectivity index (χ0) is 35.3. The Morgan fingerprint density at radius 3 is 2.46 bits per heavy atom. The largest absolute Gasteiger partial charge is 0.457 e. The van der Waals surface area contributed by atoms with Crippen LogP contribution in [-0.2, 0) is 47.3 Å². The Kier molecular flexibility index (Phi) is 9.06. The van der Waals surface area contributed by atoms with Crippen molar-refractivity contribution in [2.75, 3.05) is 6.54 Å². The second-order valence-electron chi connectivity index (χ2n) is 14.5. The lowest BCUT2D eigenvalue weighted by Crippen LogP contribution is -2.49. The molecule has 0 radical (unpaired) electrons. The topological polar surface area (TPSA) is 152 Å². The molecular weight excluding hydrogens is 634 g/mol. The van der Waals surface area contributed by atoms with Gasteiger partial charge in [0.25, 0.3) is 5.56 Å². The Morgan fingerprint density at radius 1 is 1.12 bits per heavy atom. The van der Waals surface area contributed by atoms with Crippen LogP contribution < -0.4 is 20.8 Å². The van der Waals surface area contributed by atoms with Gasteiger partial charge in [-0.25, -0.2) is 14.6 Å². The molecule has 1 atom stereocenters. The van der Waals surface area contributed by atoms with Crippen molar-refractivity contribution in [3.63, 3.8) is 0 Å². The van der Waals surface area contributed by atoms with Crippen molar-refractivity contribution in [3.8, 4) is 17.1 Å². The number of carbonyl (C=O) groups excluding carboxylic acids is 4. The molecule has 48 heavy (non-hydrogen) atoms. The first-order chi connectivity index (χ1) is 22.4. The quantitative estimate of drug-likeness (QED) is 0.121. The smallest absolute Gasteiger partial charge is 0.408 e. The Bertz CT molecular complexity index is 1910. The summed E-state index contributed by atoms with van der Waals surface area (Å²) < 4.78 is 23.5. The lowest BCUT2D eigenvalue weighted by molar-refractivity contribution is -0.188. The van der Waals surface area contributed by atoms with E-state index in [4.69, 9.17) is 23.9 Å². The van der Waals surface area contributed by atoms with Gasteiger partial charge in [0.2, 0.25) is 5.60 Å². The number of esters is 3. The van der Waals surface area contributed by atoms with Crippen LogP contribution >= 0.6 is 0 Å². The first-order valence-electron chi connectivity index (χ1n) is 16.2. The van der Waals surface area contributed by atoms with Gasteiger partial charge in [0.15, 0.2) is 0 Å².